The Hall–Kier alpha value is -1.62. The van der Waals surface area contributed by atoms with Gasteiger partial charge in [0.1, 0.15) is 5.56 Å². The molecule has 0 atom stereocenters. The fourth-order valence-electron chi connectivity index (χ4n) is 1.56. The van der Waals surface area contributed by atoms with Crippen LogP contribution in [0.15, 0.2) is 17.1 Å². The zero-order chi connectivity index (χ0) is 13.8. The summed E-state index contributed by atoms with van der Waals surface area (Å²) in [6, 6.07) is 1.40. The minimum atomic E-state index is -0.387. The Bertz CT molecular complexity index is 477. The highest BCUT2D eigenvalue weighted by molar-refractivity contribution is 5.93. The third-order valence-electron chi connectivity index (χ3n) is 2.82. The first-order valence-corrected chi connectivity index (χ1v) is 5.94. The summed E-state index contributed by atoms with van der Waals surface area (Å²) in [5.74, 6) is -0.387. The maximum absolute atomic E-state index is 11.8. The van der Waals surface area contributed by atoms with Gasteiger partial charge in [0, 0.05) is 31.1 Å². The first kappa shape index (κ1) is 14.4. The summed E-state index contributed by atoms with van der Waals surface area (Å²) in [6.07, 6.45) is 2.02. The molecule has 1 aromatic rings. The second-order valence-electron chi connectivity index (χ2n) is 5.21. The van der Waals surface area contributed by atoms with Gasteiger partial charge >= 0.3 is 0 Å². The van der Waals surface area contributed by atoms with Crippen LogP contribution in [0.2, 0.25) is 0 Å². The van der Waals surface area contributed by atoms with Gasteiger partial charge in [0.05, 0.1) is 0 Å². The summed E-state index contributed by atoms with van der Waals surface area (Å²) >= 11 is 0. The zero-order valence-electron chi connectivity index (χ0n) is 11.0. The number of hydrogen-bond acceptors (Lipinski definition) is 3. The molecule has 0 aromatic carbocycles. The molecule has 0 saturated heterocycles. The van der Waals surface area contributed by atoms with Crippen LogP contribution in [0.5, 0.6) is 0 Å². The number of nitrogens with one attached hydrogen (secondary N) is 2. The van der Waals surface area contributed by atoms with E-state index in [1.807, 2.05) is 13.8 Å². The van der Waals surface area contributed by atoms with E-state index in [0.29, 0.717) is 13.0 Å². The fourth-order valence-corrected chi connectivity index (χ4v) is 1.56. The summed E-state index contributed by atoms with van der Waals surface area (Å²) in [6.45, 7) is 6.15. The first-order chi connectivity index (χ1) is 8.35. The van der Waals surface area contributed by atoms with Crippen molar-refractivity contribution in [2.75, 3.05) is 13.2 Å². The molecule has 100 valence electrons. The monoisotopic (exact) mass is 252 g/mol. The molecule has 0 radical (unpaired) electrons. The Labute approximate surface area is 106 Å². The van der Waals surface area contributed by atoms with Crippen molar-refractivity contribution in [2.45, 2.75) is 27.2 Å². The number of carbonyl (C=O) groups is 1. The third-order valence-corrected chi connectivity index (χ3v) is 2.82. The maximum Gasteiger partial charge on any atom is 0.256 e. The Morgan fingerprint density at radius 1 is 1.50 bits per heavy atom. The lowest BCUT2D eigenvalue weighted by Crippen LogP contribution is -2.36. The van der Waals surface area contributed by atoms with E-state index < -0.39 is 0 Å². The molecule has 0 saturated carbocycles. The molecule has 5 heteroatoms. The van der Waals surface area contributed by atoms with Crippen molar-refractivity contribution in [1.29, 1.82) is 0 Å². The number of amides is 1. The molecule has 0 aliphatic rings. The van der Waals surface area contributed by atoms with Crippen LogP contribution in [0.3, 0.4) is 0 Å². The van der Waals surface area contributed by atoms with Gasteiger partial charge in [-0.05, 0) is 18.8 Å². The van der Waals surface area contributed by atoms with Gasteiger partial charge < -0.3 is 15.4 Å². The van der Waals surface area contributed by atoms with Gasteiger partial charge in [0.25, 0.3) is 5.91 Å². The number of pyridine rings is 1. The van der Waals surface area contributed by atoms with Gasteiger partial charge in [0.2, 0.25) is 0 Å². The SMILES string of the molecule is Cc1cc(=O)c(C(=O)NCC(C)(C)CCO)c[nH]1. The Morgan fingerprint density at radius 3 is 2.72 bits per heavy atom. The number of aromatic nitrogens is 1. The molecule has 3 N–H and O–H groups in total. The summed E-state index contributed by atoms with van der Waals surface area (Å²) in [5.41, 5.74) is 0.350. The van der Waals surface area contributed by atoms with Gasteiger partial charge in [0.15, 0.2) is 5.43 Å². The van der Waals surface area contributed by atoms with Crippen molar-refractivity contribution < 1.29 is 9.90 Å². The van der Waals surface area contributed by atoms with Crippen molar-refractivity contribution in [3.63, 3.8) is 0 Å². The molecule has 0 unspecified atom stereocenters. The number of aliphatic hydroxyl groups is 1. The maximum atomic E-state index is 11.8. The van der Waals surface area contributed by atoms with E-state index >= 15 is 0 Å². The quantitative estimate of drug-likeness (QED) is 0.725. The minimum absolute atomic E-state index is 0.0774. The van der Waals surface area contributed by atoms with Crippen molar-refractivity contribution >= 4 is 5.91 Å². The molecular weight excluding hydrogens is 232 g/mol. The van der Waals surface area contributed by atoms with Crippen molar-refractivity contribution in [2.24, 2.45) is 5.41 Å². The van der Waals surface area contributed by atoms with Gasteiger partial charge in [-0.2, -0.15) is 0 Å². The summed E-state index contributed by atoms with van der Waals surface area (Å²) in [4.78, 5) is 26.3. The van der Waals surface area contributed by atoms with E-state index in [1.165, 1.54) is 12.3 Å². The molecule has 1 heterocycles. The zero-order valence-corrected chi connectivity index (χ0v) is 11.0. The third kappa shape index (κ3) is 4.00. The van der Waals surface area contributed by atoms with Gasteiger partial charge in [-0.3, -0.25) is 9.59 Å². The minimum Gasteiger partial charge on any atom is -0.396 e. The normalized spacial score (nSPS) is 11.3. The highest BCUT2D eigenvalue weighted by atomic mass is 16.3. The summed E-state index contributed by atoms with van der Waals surface area (Å²) in [5, 5.41) is 11.6. The molecule has 5 nitrogen and oxygen atoms in total. The second-order valence-corrected chi connectivity index (χ2v) is 5.21. The summed E-state index contributed by atoms with van der Waals surface area (Å²) < 4.78 is 0. The van der Waals surface area contributed by atoms with Crippen LogP contribution in [-0.2, 0) is 0 Å². The van der Waals surface area contributed by atoms with Crippen LogP contribution in [0.25, 0.3) is 0 Å². The lowest BCUT2D eigenvalue weighted by molar-refractivity contribution is 0.0926. The average Bonchev–Trinajstić information content (AvgIpc) is 2.26. The molecule has 1 aromatic heterocycles. The van der Waals surface area contributed by atoms with Crippen LogP contribution in [0.4, 0.5) is 0 Å². The number of aliphatic hydroxyl groups excluding tert-OH is 1. The van der Waals surface area contributed by atoms with Gasteiger partial charge in [-0.1, -0.05) is 13.8 Å². The lowest BCUT2D eigenvalue weighted by Gasteiger charge is -2.23. The lowest BCUT2D eigenvalue weighted by atomic mass is 9.89. The average molecular weight is 252 g/mol. The molecule has 0 aliphatic carbocycles. The predicted octanol–water partition coefficient (Wildman–Crippen LogP) is 0.822. The molecule has 0 spiro atoms. The number of carbonyl (C=O) groups excluding carboxylic acids is 1. The highest BCUT2D eigenvalue weighted by Gasteiger charge is 2.19. The molecule has 0 bridgehead atoms. The smallest absolute Gasteiger partial charge is 0.256 e. The van der Waals surface area contributed by atoms with E-state index in [2.05, 4.69) is 10.3 Å². The van der Waals surface area contributed by atoms with E-state index in [1.54, 1.807) is 6.92 Å². The van der Waals surface area contributed by atoms with Crippen molar-refractivity contribution in [3.8, 4) is 0 Å². The molecule has 1 rings (SSSR count). The van der Waals surface area contributed by atoms with Gasteiger partial charge in [-0.25, -0.2) is 0 Å². The first-order valence-electron chi connectivity index (χ1n) is 5.94. The van der Waals surface area contributed by atoms with E-state index in [4.69, 9.17) is 5.11 Å². The second kappa shape index (κ2) is 5.82. The molecule has 0 fully saturated rings. The van der Waals surface area contributed by atoms with Crippen LogP contribution in [0.1, 0.15) is 36.3 Å². The predicted molar refractivity (Wildman–Crippen MR) is 69.6 cm³/mol. The highest BCUT2D eigenvalue weighted by Crippen LogP contribution is 2.17. The molecule has 18 heavy (non-hydrogen) atoms. The Kier molecular flexibility index (Phi) is 4.67. The topological polar surface area (TPSA) is 82.2 Å². The Balaban J connectivity index is 2.69. The number of rotatable bonds is 5. The van der Waals surface area contributed by atoms with Gasteiger partial charge in [-0.15, -0.1) is 0 Å². The van der Waals surface area contributed by atoms with E-state index in [9.17, 15) is 9.59 Å². The van der Waals surface area contributed by atoms with Crippen LogP contribution in [-0.4, -0.2) is 29.1 Å². The molecule has 1 amide bonds. The largest absolute Gasteiger partial charge is 0.396 e. The van der Waals surface area contributed by atoms with Crippen LogP contribution in [0, 0.1) is 12.3 Å². The molecular formula is C13H20N2O3. The number of H-pyrrole nitrogens is 1. The summed E-state index contributed by atoms with van der Waals surface area (Å²) in [7, 11) is 0. The number of aryl methyl sites for hydroxylation is 1. The number of aromatic amines is 1. The van der Waals surface area contributed by atoms with Crippen molar-refractivity contribution in [1.82, 2.24) is 10.3 Å². The van der Waals surface area contributed by atoms with Crippen LogP contribution >= 0.6 is 0 Å². The van der Waals surface area contributed by atoms with Crippen molar-refractivity contribution in [3.05, 3.63) is 33.7 Å². The van der Waals surface area contributed by atoms with E-state index in [-0.39, 0.29) is 28.9 Å². The molecule has 0 aliphatic heterocycles. The standard InChI is InChI=1S/C13H20N2O3/c1-9-6-11(17)10(7-14-9)12(18)15-8-13(2,3)4-5-16/h6-7,16H,4-5,8H2,1-3H3,(H,14,17)(H,15,18). The number of hydrogen-bond donors (Lipinski definition) is 3. The van der Waals surface area contributed by atoms with Crippen LogP contribution < -0.4 is 10.7 Å². The Morgan fingerprint density at radius 2 is 2.17 bits per heavy atom. The fraction of sp³-hybridized carbons (Fsp3) is 0.538. The van der Waals surface area contributed by atoms with E-state index in [0.717, 1.165) is 5.69 Å².